The van der Waals surface area contributed by atoms with Crippen LogP contribution in [-0.2, 0) is 6.42 Å². The zero-order chi connectivity index (χ0) is 13.2. The van der Waals surface area contributed by atoms with E-state index in [1.54, 1.807) is 0 Å². The van der Waals surface area contributed by atoms with E-state index in [0.29, 0.717) is 13.1 Å². The highest BCUT2D eigenvalue weighted by Gasteiger charge is 2.41. The van der Waals surface area contributed by atoms with Gasteiger partial charge in [0, 0.05) is 18.7 Å². The summed E-state index contributed by atoms with van der Waals surface area (Å²) in [6.07, 6.45) is 2.95. The third-order valence-corrected chi connectivity index (χ3v) is 3.68. The molecule has 0 aliphatic carbocycles. The van der Waals surface area contributed by atoms with Gasteiger partial charge in [0.15, 0.2) is 0 Å². The van der Waals surface area contributed by atoms with Crippen LogP contribution in [0.2, 0.25) is 0 Å². The third-order valence-electron chi connectivity index (χ3n) is 3.68. The number of likely N-dealkylation sites (tertiary alicyclic amines) is 1. The second kappa shape index (κ2) is 5.11. The van der Waals surface area contributed by atoms with Gasteiger partial charge in [0.2, 0.25) is 0 Å². The van der Waals surface area contributed by atoms with Crippen LogP contribution < -0.4 is 5.73 Å². The molecule has 18 heavy (non-hydrogen) atoms. The maximum absolute atomic E-state index is 12.4. The molecule has 1 aromatic carbocycles. The SMILES string of the molecule is CCCC1(N)CN(C(=O)c2ccccc2CC)C1. The summed E-state index contributed by atoms with van der Waals surface area (Å²) in [5, 5.41) is 0. The van der Waals surface area contributed by atoms with Crippen LogP contribution in [0.25, 0.3) is 0 Å². The van der Waals surface area contributed by atoms with E-state index >= 15 is 0 Å². The van der Waals surface area contributed by atoms with E-state index in [1.807, 2.05) is 29.2 Å². The van der Waals surface area contributed by atoms with E-state index in [9.17, 15) is 4.79 Å². The fourth-order valence-electron chi connectivity index (χ4n) is 2.72. The Morgan fingerprint density at radius 1 is 1.33 bits per heavy atom. The van der Waals surface area contributed by atoms with Crippen LogP contribution >= 0.6 is 0 Å². The lowest BCUT2D eigenvalue weighted by Gasteiger charge is -2.48. The van der Waals surface area contributed by atoms with Crippen molar-refractivity contribution in [3.05, 3.63) is 35.4 Å². The van der Waals surface area contributed by atoms with E-state index in [-0.39, 0.29) is 11.4 Å². The van der Waals surface area contributed by atoms with Gasteiger partial charge in [-0.15, -0.1) is 0 Å². The molecule has 0 radical (unpaired) electrons. The van der Waals surface area contributed by atoms with Crippen molar-refractivity contribution in [2.45, 2.75) is 38.6 Å². The molecule has 1 amide bonds. The third kappa shape index (κ3) is 2.41. The number of amides is 1. The molecule has 0 bridgehead atoms. The van der Waals surface area contributed by atoms with Crippen molar-refractivity contribution in [1.29, 1.82) is 0 Å². The second-order valence-electron chi connectivity index (χ2n) is 5.28. The highest BCUT2D eigenvalue weighted by Crippen LogP contribution is 2.25. The van der Waals surface area contributed by atoms with Crippen molar-refractivity contribution >= 4 is 5.91 Å². The average molecular weight is 246 g/mol. The standard InChI is InChI=1S/C15H22N2O/c1-3-9-15(16)10-17(11-15)14(18)13-8-6-5-7-12(13)4-2/h5-8H,3-4,9-11,16H2,1-2H3. The molecule has 0 spiro atoms. The quantitative estimate of drug-likeness (QED) is 0.885. The highest BCUT2D eigenvalue weighted by atomic mass is 16.2. The highest BCUT2D eigenvalue weighted by molar-refractivity contribution is 5.96. The van der Waals surface area contributed by atoms with Crippen LogP contribution in [0.1, 0.15) is 42.6 Å². The smallest absolute Gasteiger partial charge is 0.254 e. The second-order valence-corrected chi connectivity index (χ2v) is 5.28. The first-order valence-electron chi connectivity index (χ1n) is 6.75. The Labute approximate surface area is 109 Å². The van der Waals surface area contributed by atoms with Crippen LogP contribution in [0.15, 0.2) is 24.3 Å². The molecule has 1 fully saturated rings. The van der Waals surface area contributed by atoms with Crippen molar-refractivity contribution in [2.24, 2.45) is 5.73 Å². The molecule has 0 saturated carbocycles. The summed E-state index contributed by atoms with van der Waals surface area (Å²) in [5.74, 6) is 0.129. The van der Waals surface area contributed by atoms with E-state index < -0.39 is 0 Å². The zero-order valence-corrected chi connectivity index (χ0v) is 11.3. The summed E-state index contributed by atoms with van der Waals surface area (Å²) >= 11 is 0. The molecule has 0 atom stereocenters. The lowest BCUT2D eigenvalue weighted by molar-refractivity contribution is 0.0385. The molecule has 1 saturated heterocycles. The van der Waals surface area contributed by atoms with Crippen molar-refractivity contribution < 1.29 is 4.79 Å². The topological polar surface area (TPSA) is 46.3 Å². The Balaban J connectivity index is 2.06. The van der Waals surface area contributed by atoms with Gasteiger partial charge in [-0.1, -0.05) is 38.5 Å². The van der Waals surface area contributed by atoms with Crippen molar-refractivity contribution in [3.8, 4) is 0 Å². The lowest BCUT2D eigenvalue weighted by atomic mass is 9.85. The largest absolute Gasteiger partial charge is 0.335 e. The van der Waals surface area contributed by atoms with Crippen LogP contribution in [0.4, 0.5) is 0 Å². The summed E-state index contributed by atoms with van der Waals surface area (Å²) in [4.78, 5) is 14.2. The first kappa shape index (κ1) is 13.1. The van der Waals surface area contributed by atoms with Crippen LogP contribution in [0.3, 0.4) is 0 Å². The molecular weight excluding hydrogens is 224 g/mol. The Kier molecular flexibility index (Phi) is 3.71. The number of hydrogen-bond acceptors (Lipinski definition) is 2. The Bertz CT molecular complexity index is 436. The fraction of sp³-hybridized carbons (Fsp3) is 0.533. The van der Waals surface area contributed by atoms with Gasteiger partial charge in [-0.25, -0.2) is 0 Å². The van der Waals surface area contributed by atoms with E-state index in [2.05, 4.69) is 13.8 Å². The molecule has 0 unspecified atom stereocenters. The van der Waals surface area contributed by atoms with Gasteiger partial charge in [-0.2, -0.15) is 0 Å². The number of aryl methyl sites for hydroxylation is 1. The Hall–Kier alpha value is -1.35. The van der Waals surface area contributed by atoms with Crippen LogP contribution in [-0.4, -0.2) is 29.4 Å². The minimum absolute atomic E-state index is 0.129. The normalized spacial score (nSPS) is 17.4. The summed E-state index contributed by atoms with van der Waals surface area (Å²) in [6, 6.07) is 7.84. The molecular formula is C15H22N2O. The number of benzene rings is 1. The maximum atomic E-state index is 12.4. The number of carbonyl (C=O) groups excluding carboxylic acids is 1. The van der Waals surface area contributed by atoms with Gasteiger partial charge >= 0.3 is 0 Å². The van der Waals surface area contributed by atoms with Crippen molar-refractivity contribution in [3.63, 3.8) is 0 Å². The van der Waals surface area contributed by atoms with Gasteiger partial charge in [0.25, 0.3) is 5.91 Å². The predicted molar refractivity (Wildman–Crippen MR) is 73.5 cm³/mol. The first-order chi connectivity index (χ1) is 8.59. The Morgan fingerprint density at radius 2 is 2.00 bits per heavy atom. The summed E-state index contributed by atoms with van der Waals surface area (Å²) in [5.41, 5.74) is 8.00. The van der Waals surface area contributed by atoms with E-state index in [1.165, 1.54) is 0 Å². The van der Waals surface area contributed by atoms with Gasteiger partial charge in [0.05, 0.1) is 5.54 Å². The molecule has 2 N–H and O–H groups in total. The summed E-state index contributed by atoms with van der Waals surface area (Å²) in [7, 11) is 0. The van der Waals surface area contributed by atoms with Gasteiger partial charge in [-0.05, 0) is 24.5 Å². The first-order valence-corrected chi connectivity index (χ1v) is 6.75. The van der Waals surface area contributed by atoms with E-state index in [0.717, 1.165) is 30.4 Å². The number of nitrogens with zero attached hydrogens (tertiary/aromatic N) is 1. The van der Waals surface area contributed by atoms with Crippen LogP contribution in [0.5, 0.6) is 0 Å². The molecule has 3 nitrogen and oxygen atoms in total. The molecule has 3 heteroatoms. The van der Waals surface area contributed by atoms with Gasteiger partial charge < -0.3 is 10.6 Å². The minimum Gasteiger partial charge on any atom is -0.335 e. The van der Waals surface area contributed by atoms with Crippen molar-refractivity contribution in [1.82, 2.24) is 4.90 Å². The molecule has 1 aliphatic heterocycles. The summed E-state index contributed by atoms with van der Waals surface area (Å²) < 4.78 is 0. The number of hydrogen-bond donors (Lipinski definition) is 1. The monoisotopic (exact) mass is 246 g/mol. The average Bonchev–Trinajstić information content (AvgIpc) is 2.35. The fourth-order valence-corrected chi connectivity index (χ4v) is 2.72. The number of carbonyl (C=O) groups is 1. The number of rotatable bonds is 4. The molecule has 1 heterocycles. The number of nitrogens with two attached hydrogens (primary N) is 1. The predicted octanol–water partition coefficient (Wildman–Crippen LogP) is 2.20. The zero-order valence-electron chi connectivity index (χ0n) is 11.3. The molecule has 0 aromatic heterocycles. The molecule has 1 aliphatic rings. The summed E-state index contributed by atoms with van der Waals surface area (Å²) in [6.45, 7) is 5.59. The van der Waals surface area contributed by atoms with Gasteiger partial charge in [-0.3, -0.25) is 4.79 Å². The van der Waals surface area contributed by atoms with E-state index in [4.69, 9.17) is 5.73 Å². The van der Waals surface area contributed by atoms with Crippen molar-refractivity contribution in [2.75, 3.05) is 13.1 Å². The van der Waals surface area contributed by atoms with Gasteiger partial charge in [0.1, 0.15) is 0 Å². The maximum Gasteiger partial charge on any atom is 0.254 e. The molecule has 98 valence electrons. The minimum atomic E-state index is -0.147. The van der Waals surface area contributed by atoms with Crippen LogP contribution in [0, 0.1) is 0 Å². The lowest BCUT2D eigenvalue weighted by Crippen LogP contribution is -2.68. The molecule has 2 rings (SSSR count). The molecule has 1 aromatic rings. The Morgan fingerprint density at radius 3 is 2.61 bits per heavy atom.